The van der Waals surface area contributed by atoms with Gasteiger partial charge in [0.2, 0.25) is 5.82 Å². The Morgan fingerprint density at radius 1 is 1.47 bits per heavy atom. The largest absolute Gasteiger partial charge is 0.381 e. The quantitative estimate of drug-likeness (QED) is 0.689. The van der Waals surface area contributed by atoms with Gasteiger partial charge in [0, 0.05) is 19.1 Å². The molecule has 2 rings (SSSR count). The van der Waals surface area contributed by atoms with Gasteiger partial charge in [-0.25, -0.2) is 9.97 Å². The highest BCUT2D eigenvalue weighted by molar-refractivity contribution is 5.48. The molecule has 1 saturated heterocycles. The summed E-state index contributed by atoms with van der Waals surface area (Å²) in [6.45, 7) is 1.38. The van der Waals surface area contributed by atoms with Crippen LogP contribution in [0.1, 0.15) is 12.8 Å². The maximum atomic E-state index is 13.6. The minimum Gasteiger partial charge on any atom is -0.381 e. The number of hydrogen-bond donors (Lipinski definition) is 2. The van der Waals surface area contributed by atoms with E-state index in [1.54, 1.807) is 0 Å². The van der Waals surface area contributed by atoms with Gasteiger partial charge in [-0.3, -0.25) is 0 Å². The lowest BCUT2D eigenvalue weighted by atomic mass is 10.1. The maximum absolute atomic E-state index is 13.6. The summed E-state index contributed by atoms with van der Waals surface area (Å²) in [5.41, 5.74) is 11.2. The average molecular weight is 211 g/mol. The van der Waals surface area contributed by atoms with E-state index in [1.165, 1.54) is 6.33 Å². The van der Waals surface area contributed by atoms with Gasteiger partial charge in [0.15, 0.2) is 11.6 Å². The summed E-state index contributed by atoms with van der Waals surface area (Å²) in [7, 11) is 0. The first-order chi connectivity index (χ1) is 7.18. The summed E-state index contributed by atoms with van der Waals surface area (Å²) in [5, 5.41) is 0. The third kappa shape index (κ3) is 1.99. The SMILES string of the molecule is Nc1ncnc(N2CCCC(N)C2)c1F. The molecule has 1 aromatic heterocycles. The van der Waals surface area contributed by atoms with E-state index in [2.05, 4.69) is 9.97 Å². The molecule has 1 aromatic rings. The number of nitrogen functional groups attached to an aromatic ring is 1. The van der Waals surface area contributed by atoms with Gasteiger partial charge in [0.25, 0.3) is 0 Å². The lowest BCUT2D eigenvalue weighted by Gasteiger charge is -2.31. The lowest BCUT2D eigenvalue weighted by Crippen LogP contribution is -2.43. The zero-order valence-electron chi connectivity index (χ0n) is 8.36. The van der Waals surface area contributed by atoms with Gasteiger partial charge < -0.3 is 16.4 Å². The monoisotopic (exact) mass is 211 g/mol. The molecule has 5 nitrogen and oxygen atoms in total. The van der Waals surface area contributed by atoms with Crippen LogP contribution in [0.15, 0.2) is 6.33 Å². The van der Waals surface area contributed by atoms with Crippen LogP contribution in [0.25, 0.3) is 0 Å². The van der Waals surface area contributed by atoms with Crippen molar-refractivity contribution in [3.8, 4) is 0 Å². The average Bonchev–Trinajstić information content (AvgIpc) is 2.22. The third-order valence-corrected chi connectivity index (χ3v) is 2.56. The van der Waals surface area contributed by atoms with Crippen LogP contribution >= 0.6 is 0 Å². The van der Waals surface area contributed by atoms with Crippen molar-refractivity contribution in [1.29, 1.82) is 0 Å². The first-order valence-corrected chi connectivity index (χ1v) is 4.95. The van der Waals surface area contributed by atoms with E-state index >= 15 is 0 Å². The molecule has 0 bridgehead atoms. The van der Waals surface area contributed by atoms with Crippen molar-refractivity contribution >= 4 is 11.6 Å². The fourth-order valence-corrected chi connectivity index (χ4v) is 1.80. The van der Waals surface area contributed by atoms with Crippen molar-refractivity contribution in [1.82, 2.24) is 9.97 Å². The Balaban J connectivity index is 2.24. The van der Waals surface area contributed by atoms with Crippen LogP contribution in [0.5, 0.6) is 0 Å². The first kappa shape index (κ1) is 10.1. The summed E-state index contributed by atoms with van der Waals surface area (Å²) < 4.78 is 13.6. The van der Waals surface area contributed by atoms with Crippen molar-refractivity contribution < 1.29 is 4.39 Å². The Morgan fingerprint density at radius 3 is 3.00 bits per heavy atom. The highest BCUT2D eigenvalue weighted by Crippen LogP contribution is 2.22. The van der Waals surface area contributed by atoms with Crippen LogP contribution < -0.4 is 16.4 Å². The summed E-state index contributed by atoms with van der Waals surface area (Å²) in [6.07, 6.45) is 3.19. The number of halogens is 1. The van der Waals surface area contributed by atoms with Crippen LogP contribution in [-0.2, 0) is 0 Å². The minimum atomic E-state index is -0.549. The predicted molar refractivity (Wildman–Crippen MR) is 55.8 cm³/mol. The van der Waals surface area contributed by atoms with Crippen molar-refractivity contribution in [3.05, 3.63) is 12.1 Å². The smallest absolute Gasteiger partial charge is 0.207 e. The second-order valence-electron chi connectivity index (χ2n) is 3.74. The van der Waals surface area contributed by atoms with E-state index in [-0.39, 0.29) is 17.7 Å². The van der Waals surface area contributed by atoms with Crippen LogP contribution in [0.4, 0.5) is 16.0 Å². The lowest BCUT2D eigenvalue weighted by molar-refractivity contribution is 0.493. The van der Waals surface area contributed by atoms with Crippen LogP contribution in [-0.4, -0.2) is 29.1 Å². The Morgan fingerprint density at radius 2 is 2.27 bits per heavy atom. The van der Waals surface area contributed by atoms with Crippen LogP contribution in [0.2, 0.25) is 0 Å². The molecule has 1 unspecified atom stereocenters. The molecule has 0 aromatic carbocycles. The van der Waals surface area contributed by atoms with E-state index in [1.807, 2.05) is 4.90 Å². The highest BCUT2D eigenvalue weighted by atomic mass is 19.1. The first-order valence-electron chi connectivity index (χ1n) is 4.95. The Labute approximate surface area is 87.3 Å². The minimum absolute atomic E-state index is 0.0781. The number of rotatable bonds is 1. The fraction of sp³-hybridized carbons (Fsp3) is 0.556. The van der Waals surface area contributed by atoms with E-state index in [0.29, 0.717) is 6.54 Å². The molecule has 6 heteroatoms. The van der Waals surface area contributed by atoms with Gasteiger partial charge in [-0.2, -0.15) is 4.39 Å². The van der Waals surface area contributed by atoms with E-state index < -0.39 is 5.82 Å². The molecule has 2 heterocycles. The highest BCUT2D eigenvalue weighted by Gasteiger charge is 2.21. The molecule has 0 saturated carbocycles. The second-order valence-corrected chi connectivity index (χ2v) is 3.74. The Kier molecular flexibility index (Phi) is 2.68. The topological polar surface area (TPSA) is 81.1 Å². The molecule has 1 aliphatic heterocycles. The van der Waals surface area contributed by atoms with Crippen molar-refractivity contribution in [2.75, 3.05) is 23.7 Å². The number of nitrogens with two attached hydrogens (primary N) is 2. The van der Waals surface area contributed by atoms with Crippen molar-refractivity contribution in [2.45, 2.75) is 18.9 Å². The molecule has 82 valence electrons. The maximum Gasteiger partial charge on any atom is 0.207 e. The van der Waals surface area contributed by atoms with Gasteiger partial charge in [-0.1, -0.05) is 0 Å². The summed E-state index contributed by atoms with van der Waals surface area (Å²) in [4.78, 5) is 9.31. The van der Waals surface area contributed by atoms with Crippen molar-refractivity contribution in [2.24, 2.45) is 5.73 Å². The fourth-order valence-electron chi connectivity index (χ4n) is 1.80. The Bertz CT molecular complexity index is 356. The molecule has 1 atom stereocenters. The van der Waals surface area contributed by atoms with Crippen LogP contribution in [0, 0.1) is 5.82 Å². The molecule has 1 fully saturated rings. The van der Waals surface area contributed by atoms with Crippen molar-refractivity contribution in [3.63, 3.8) is 0 Å². The molecular weight excluding hydrogens is 197 g/mol. The predicted octanol–water partition coefficient (Wildman–Crippen LogP) is 0.125. The number of piperidine rings is 1. The molecule has 15 heavy (non-hydrogen) atoms. The van der Waals surface area contributed by atoms with Gasteiger partial charge in [0.05, 0.1) is 0 Å². The van der Waals surface area contributed by atoms with E-state index in [4.69, 9.17) is 11.5 Å². The van der Waals surface area contributed by atoms with E-state index in [9.17, 15) is 4.39 Å². The number of aromatic nitrogens is 2. The van der Waals surface area contributed by atoms with Gasteiger partial charge >= 0.3 is 0 Å². The summed E-state index contributed by atoms with van der Waals surface area (Å²) in [6, 6.07) is 0.0781. The Hall–Kier alpha value is -1.43. The molecule has 0 radical (unpaired) electrons. The molecule has 0 spiro atoms. The standard InChI is InChI=1S/C9H14FN5/c10-7-8(12)13-5-14-9(7)15-3-1-2-6(11)4-15/h5-6H,1-4,11H2,(H2,12,13,14). The third-order valence-electron chi connectivity index (χ3n) is 2.56. The zero-order valence-corrected chi connectivity index (χ0v) is 8.36. The van der Waals surface area contributed by atoms with Crippen LogP contribution in [0.3, 0.4) is 0 Å². The number of anilines is 2. The van der Waals surface area contributed by atoms with Gasteiger partial charge in [-0.05, 0) is 12.8 Å². The normalized spacial score (nSPS) is 21.7. The number of hydrogen-bond acceptors (Lipinski definition) is 5. The number of nitrogens with zero attached hydrogens (tertiary/aromatic N) is 3. The second kappa shape index (κ2) is 3.98. The summed E-state index contributed by atoms with van der Waals surface area (Å²) >= 11 is 0. The van der Waals surface area contributed by atoms with Gasteiger partial charge in [-0.15, -0.1) is 0 Å². The summed E-state index contributed by atoms with van der Waals surface area (Å²) in [5.74, 6) is -0.400. The molecule has 0 amide bonds. The zero-order chi connectivity index (χ0) is 10.8. The van der Waals surface area contributed by atoms with Gasteiger partial charge in [0.1, 0.15) is 6.33 Å². The molecule has 1 aliphatic rings. The van der Waals surface area contributed by atoms with E-state index in [0.717, 1.165) is 19.4 Å². The molecular formula is C9H14FN5. The molecule has 4 N–H and O–H groups in total. The molecule has 0 aliphatic carbocycles.